The Kier molecular flexibility index (Phi) is 8.12. The zero-order chi connectivity index (χ0) is 25.7. The number of aromatic nitrogens is 2. The summed E-state index contributed by atoms with van der Waals surface area (Å²) in [5, 5.41) is 10.3. The molecule has 1 aliphatic rings. The second-order valence-electron chi connectivity index (χ2n) is 8.25. The van der Waals surface area contributed by atoms with Crippen molar-refractivity contribution in [3.63, 3.8) is 0 Å². The number of hydrogen-bond donors (Lipinski definition) is 2. The highest BCUT2D eigenvalue weighted by atomic mass is 32.2. The standard InChI is InChI=1S/C25H29N5O4S2/c1-3-29(4-2)36(33,34)20-12-10-19(11-13-20)25(32)27-24-21-16-35-17-22(21)28-30(24)15-23(31)26-14-18-8-6-5-7-9-18/h5-13H,3-4,14-17H2,1-2H3,(H,26,31)(H,27,32). The molecule has 36 heavy (non-hydrogen) atoms. The molecule has 2 aromatic carbocycles. The van der Waals surface area contributed by atoms with Crippen LogP contribution in [0.3, 0.4) is 0 Å². The highest BCUT2D eigenvalue weighted by Crippen LogP contribution is 2.35. The van der Waals surface area contributed by atoms with Gasteiger partial charge in [0.25, 0.3) is 5.91 Å². The van der Waals surface area contributed by atoms with Gasteiger partial charge in [0.2, 0.25) is 15.9 Å². The molecule has 11 heteroatoms. The smallest absolute Gasteiger partial charge is 0.256 e. The van der Waals surface area contributed by atoms with Crippen molar-refractivity contribution in [3.05, 3.63) is 77.0 Å². The monoisotopic (exact) mass is 527 g/mol. The number of thioether (sulfide) groups is 1. The van der Waals surface area contributed by atoms with Gasteiger partial charge in [0.1, 0.15) is 12.4 Å². The van der Waals surface area contributed by atoms with E-state index in [2.05, 4.69) is 15.7 Å². The van der Waals surface area contributed by atoms with Crippen LogP contribution in [0.5, 0.6) is 0 Å². The molecule has 3 aromatic rings. The minimum absolute atomic E-state index is 0.0266. The minimum atomic E-state index is -3.61. The van der Waals surface area contributed by atoms with Crippen molar-refractivity contribution in [3.8, 4) is 0 Å². The van der Waals surface area contributed by atoms with Gasteiger partial charge in [-0.05, 0) is 29.8 Å². The van der Waals surface area contributed by atoms with Crippen LogP contribution in [0.1, 0.15) is 41.0 Å². The minimum Gasteiger partial charge on any atom is -0.350 e. The number of carbonyl (C=O) groups excluding carboxylic acids is 2. The Morgan fingerprint density at radius 3 is 2.39 bits per heavy atom. The Morgan fingerprint density at radius 1 is 1.03 bits per heavy atom. The molecular formula is C25H29N5O4S2. The number of nitrogens with one attached hydrogen (secondary N) is 2. The van der Waals surface area contributed by atoms with E-state index in [1.807, 2.05) is 30.3 Å². The lowest BCUT2D eigenvalue weighted by Crippen LogP contribution is -2.30. The Morgan fingerprint density at radius 2 is 1.72 bits per heavy atom. The normalized spacial score (nSPS) is 13.0. The van der Waals surface area contributed by atoms with Gasteiger partial charge in [-0.15, -0.1) is 0 Å². The van der Waals surface area contributed by atoms with Crippen LogP contribution >= 0.6 is 11.8 Å². The summed E-state index contributed by atoms with van der Waals surface area (Å²) in [7, 11) is -3.61. The Balaban J connectivity index is 1.48. The first-order valence-corrected chi connectivity index (χ1v) is 14.3. The van der Waals surface area contributed by atoms with Gasteiger partial charge in [0.05, 0.1) is 10.6 Å². The first kappa shape index (κ1) is 25.9. The van der Waals surface area contributed by atoms with E-state index in [9.17, 15) is 18.0 Å². The Bertz CT molecular complexity index is 1330. The van der Waals surface area contributed by atoms with Gasteiger partial charge in [-0.3, -0.25) is 9.59 Å². The van der Waals surface area contributed by atoms with Gasteiger partial charge in [-0.1, -0.05) is 44.2 Å². The average Bonchev–Trinajstić information content (AvgIpc) is 3.46. The SMILES string of the molecule is CCN(CC)S(=O)(=O)c1ccc(C(=O)Nc2c3c(nn2CC(=O)NCc2ccccc2)CSC3)cc1. The van der Waals surface area contributed by atoms with Gasteiger partial charge < -0.3 is 10.6 Å². The Labute approximate surface area is 215 Å². The molecule has 9 nitrogen and oxygen atoms in total. The topological polar surface area (TPSA) is 113 Å². The largest absolute Gasteiger partial charge is 0.350 e. The van der Waals surface area contributed by atoms with Crippen LogP contribution in [0.25, 0.3) is 0 Å². The van der Waals surface area contributed by atoms with Crippen molar-refractivity contribution >= 4 is 39.4 Å². The molecule has 0 fully saturated rings. The maximum absolute atomic E-state index is 13.0. The second-order valence-corrected chi connectivity index (χ2v) is 11.2. The van der Waals surface area contributed by atoms with Crippen molar-refractivity contribution < 1.29 is 18.0 Å². The third kappa shape index (κ3) is 5.63. The molecule has 0 saturated heterocycles. The highest BCUT2D eigenvalue weighted by molar-refractivity contribution is 7.98. The van der Waals surface area contributed by atoms with Crippen LogP contribution in [0.4, 0.5) is 5.82 Å². The predicted molar refractivity (Wildman–Crippen MR) is 140 cm³/mol. The fourth-order valence-electron chi connectivity index (χ4n) is 3.98. The van der Waals surface area contributed by atoms with Crippen molar-refractivity contribution in [1.29, 1.82) is 0 Å². The molecule has 4 rings (SSSR count). The van der Waals surface area contributed by atoms with Crippen LogP contribution in [-0.4, -0.2) is 47.4 Å². The predicted octanol–water partition coefficient (Wildman–Crippen LogP) is 3.23. The van der Waals surface area contributed by atoms with Gasteiger partial charge in [0.15, 0.2) is 0 Å². The number of amides is 2. The van der Waals surface area contributed by atoms with E-state index in [4.69, 9.17) is 0 Å². The molecule has 0 unspecified atom stereocenters. The summed E-state index contributed by atoms with van der Waals surface area (Å²) in [6, 6.07) is 15.5. The van der Waals surface area contributed by atoms with Gasteiger partial charge in [0, 0.05) is 42.3 Å². The summed E-state index contributed by atoms with van der Waals surface area (Å²) in [6.07, 6.45) is 0. The molecule has 0 bridgehead atoms. The zero-order valence-corrected chi connectivity index (χ0v) is 21.9. The lowest BCUT2D eigenvalue weighted by atomic mass is 10.2. The second kappa shape index (κ2) is 11.3. The van der Waals surface area contributed by atoms with E-state index >= 15 is 0 Å². The number of hydrogen-bond acceptors (Lipinski definition) is 6. The molecule has 2 N–H and O–H groups in total. The number of nitrogens with zero attached hydrogens (tertiary/aromatic N) is 3. The molecule has 0 aliphatic carbocycles. The molecule has 0 atom stereocenters. The fraction of sp³-hybridized carbons (Fsp3) is 0.320. The average molecular weight is 528 g/mol. The summed E-state index contributed by atoms with van der Waals surface area (Å²) in [5.74, 6) is 1.29. The summed E-state index contributed by atoms with van der Waals surface area (Å²) in [6.45, 7) is 4.68. The molecule has 1 aliphatic heterocycles. The third-order valence-corrected chi connectivity index (χ3v) is 8.97. The number of benzene rings is 2. The fourth-order valence-corrected chi connectivity index (χ4v) is 6.47. The van der Waals surface area contributed by atoms with Crippen LogP contribution in [0, 0.1) is 0 Å². The van der Waals surface area contributed by atoms with Crippen molar-refractivity contribution in [2.45, 2.75) is 43.3 Å². The molecular weight excluding hydrogens is 498 g/mol. The van der Waals surface area contributed by atoms with E-state index in [0.29, 0.717) is 36.8 Å². The highest BCUT2D eigenvalue weighted by Gasteiger charge is 2.26. The van der Waals surface area contributed by atoms with Gasteiger partial charge in [-0.25, -0.2) is 13.1 Å². The van der Waals surface area contributed by atoms with Crippen molar-refractivity contribution in [2.75, 3.05) is 18.4 Å². The van der Waals surface area contributed by atoms with Gasteiger partial charge >= 0.3 is 0 Å². The molecule has 2 amide bonds. The lowest BCUT2D eigenvalue weighted by molar-refractivity contribution is -0.122. The summed E-state index contributed by atoms with van der Waals surface area (Å²) < 4.78 is 28.3. The summed E-state index contributed by atoms with van der Waals surface area (Å²) >= 11 is 1.69. The van der Waals surface area contributed by atoms with Crippen molar-refractivity contribution in [1.82, 2.24) is 19.4 Å². The summed E-state index contributed by atoms with van der Waals surface area (Å²) in [5.41, 5.74) is 3.07. The van der Waals surface area contributed by atoms with E-state index in [-0.39, 0.29) is 17.3 Å². The van der Waals surface area contributed by atoms with Crippen LogP contribution in [0.2, 0.25) is 0 Å². The molecule has 2 heterocycles. The first-order chi connectivity index (χ1) is 17.3. The number of anilines is 1. The summed E-state index contributed by atoms with van der Waals surface area (Å²) in [4.78, 5) is 25.8. The number of sulfonamides is 1. The maximum atomic E-state index is 13.0. The van der Waals surface area contributed by atoms with Crippen LogP contribution in [0.15, 0.2) is 59.5 Å². The number of carbonyl (C=O) groups is 2. The van der Waals surface area contributed by atoms with E-state index < -0.39 is 15.9 Å². The zero-order valence-electron chi connectivity index (χ0n) is 20.2. The lowest BCUT2D eigenvalue weighted by Gasteiger charge is -2.18. The molecule has 0 spiro atoms. The quantitative estimate of drug-likeness (QED) is 0.419. The van der Waals surface area contributed by atoms with Gasteiger partial charge in [-0.2, -0.15) is 21.2 Å². The molecule has 1 aromatic heterocycles. The van der Waals surface area contributed by atoms with E-state index in [1.165, 1.54) is 33.3 Å². The van der Waals surface area contributed by atoms with Crippen LogP contribution < -0.4 is 10.6 Å². The molecule has 190 valence electrons. The van der Waals surface area contributed by atoms with E-state index in [0.717, 1.165) is 22.6 Å². The first-order valence-electron chi connectivity index (χ1n) is 11.7. The van der Waals surface area contributed by atoms with E-state index in [1.54, 1.807) is 25.6 Å². The van der Waals surface area contributed by atoms with Crippen LogP contribution in [-0.2, 0) is 39.4 Å². The molecule has 0 saturated carbocycles. The molecule has 0 radical (unpaired) electrons. The number of rotatable bonds is 10. The number of fused-ring (bicyclic) bond motifs is 1. The third-order valence-electron chi connectivity index (χ3n) is 5.94. The maximum Gasteiger partial charge on any atom is 0.256 e. The Hall–Kier alpha value is -3.15. The van der Waals surface area contributed by atoms with Crippen molar-refractivity contribution in [2.24, 2.45) is 0 Å².